The maximum Gasteiger partial charge on any atom is 0.161 e. The van der Waals surface area contributed by atoms with Gasteiger partial charge in [0.25, 0.3) is 0 Å². The molecule has 2 aromatic carbocycles. The van der Waals surface area contributed by atoms with Crippen molar-refractivity contribution >= 4 is 0 Å². The van der Waals surface area contributed by atoms with Gasteiger partial charge in [-0.05, 0) is 35.4 Å². The van der Waals surface area contributed by atoms with Gasteiger partial charge in [-0.3, -0.25) is 0 Å². The Labute approximate surface area is 148 Å². The SMILES string of the molecule is COc1ccc(C[C@H]2[NH2+]CCc3cc(OC)c(OC)cc32)cc1OC. The van der Waals surface area contributed by atoms with Crippen molar-refractivity contribution < 1.29 is 24.3 Å². The largest absolute Gasteiger partial charge is 0.493 e. The van der Waals surface area contributed by atoms with Crippen molar-refractivity contribution in [2.45, 2.75) is 18.9 Å². The second-order valence-electron chi connectivity index (χ2n) is 6.18. The highest BCUT2D eigenvalue weighted by atomic mass is 16.5. The molecule has 1 aliphatic rings. The van der Waals surface area contributed by atoms with Crippen LogP contribution in [-0.4, -0.2) is 35.0 Å². The van der Waals surface area contributed by atoms with E-state index in [0.717, 1.165) is 42.4 Å². The molecule has 134 valence electrons. The predicted molar refractivity (Wildman–Crippen MR) is 96.0 cm³/mol. The summed E-state index contributed by atoms with van der Waals surface area (Å²) in [7, 11) is 6.68. The van der Waals surface area contributed by atoms with Crippen LogP contribution in [0.25, 0.3) is 0 Å². The predicted octanol–water partition coefficient (Wildman–Crippen LogP) is 2.12. The van der Waals surface area contributed by atoms with Crippen molar-refractivity contribution in [1.29, 1.82) is 0 Å². The highest BCUT2D eigenvalue weighted by Gasteiger charge is 2.26. The van der Waals surface area contributed by atoms with Crippen LogP contribution in [-0.2, 0) is 12.8 Å². The van der Waals surface area contributed by atoms with Crippen LogP contribution in [0.3, 0.4) is 0 Å². The van der Waals surface area contributed by atoms with Gasteiger partial charge in [0.2, 0.25) is 0 Å². The number of ether oxygens (including phenoxy) is 4. The first-order valence-electron chi connectivity index (χ1n) is 8.49. The molecule has 0 spiro atoms. The molecule has 0 aromatic heterocycles. The van der Waals surface area contributed by atoms with E-state index in [4.69, 9.17) is 18.9 Å². The molecule has 0 amide bonds. The van der Waals surface area contributed by atoms with Gasteiger partial charge in [-0.25, -0.2) is 0 Å². The van der Waals surface area contributed by atoms with Crippen LogP contribution in [0, 0.1) is 0 Å². The van der Waals surface area contributed by atoms with Gasteiger partial charge in [-0.15, -0.1) is 0 Å². The average molecular weight is 344 g/mol. The first-order valence-corrected chi connectivity index (χ1v) is 8.49. The van der Waals surface area contributed by atoms with Gasteiger partial charge in [0, 0.05) is 18.4 Å². The molecule has 0 bridgehead atoms. The first kappa shape index (κ1) is 17.4. The fraction of sp³-hybridized carbons (Fsp3) is 0.400. The summed E-state index contributed by atoms with van der Waals surface area (Å²) in [5.74, 6) is 3.11. The number of hydrogen-bond donors (Lipinski definition) is 1. The number of nitrogens with two attached hydrogens (primary N) is 1. The summed E-state index contributed by atoms with van der Waals surface area (Å²) in [5, 5.41) is 2.39. The number of hydrogen-bond acceptors (Lipinski definition) is 4. The summed E-state index contributed by atoms with van der Waals surface area (Å²) >= 11 is 0. The van der Waals surface area contributed by atoms with Crippen molar-refractivity contribution in [3.8, 4) is 23.0 Å². The molecule has 2 aromatic rings. The normalized spacial score (nSPS) is 16.1. The van der Waals surface area contributed by atoms with E-state index in [1.54, 1.807) is 28.4 Å². The van der Waals surface area contributed by atoms with Crippen molar-refractivity contribution in [2.75, 3.05) is 35.0 Å². The Morgan fingerprint density at radius 2 is 1.48 bits per heavy atom. The summed E-state index contributed by atoms with van der Waals surface area (Å²) in [6.07, 6.45) is 1.96. The second kappa shape index (κ2) is 7.66. The molecule has 1 atom stereocenters. The number of benzene rings is 2. The van der Waals surface area contributed by atoms with Crippen LogP contribution in [0.5, 0.6) is 23.0 Å². The molecule has 25 heavy (non-hydrogen) atoms. The fourth-order valence-electron chi connectivity index (χ4n) is 3.52. The number of rotatable bonds is 6. The zero-order chi connectivity index (χ0) is 17.8. The lowest BCUT2D eigenvalue weighted by Gasteiger charge is -2.25. The Hall–Kier alpha value is -2.40. The van der Waals surface area contributed by atoms with Crippen LogP contribution >= 0.6 is 0 Å². The van der Waals surface area contributed by atoms with E-state index in [-0.39, 0.29) is 0 Å². The minimum atomic E-state index is 0.349. The van der Waals surface area contributed by atoms with Crippen LogP contribution in [0.1, 0.15) is 22.7 Å². The minimum absolute atomic E-state index is 0.349. The lowest BCUT2D eigenvalue weighted by Crippen LogP contribution is -2.87. The summed E-state index contributed by atoms with van der Waals surface area (Å²) in [6, 6.07) is 10.7. The monoisotopic (exact) mass is 344 g/mol. The maximum absolute atomic E-state index is 5.49. The first-order chi connectivity index (χ1) is 12.2. The Balaban J connectivity index is 1.90. The lowest BCUT2D eigenvalue weighted by atomic mass is 9.89. The summed E-state index contributed by atoms with van der Waals surface area (Å²) in [5.41, 5.74) is 3.88. The van der Waals surface area contributed by atoms with Gasteiger partial charge >= 0.3 is 0 Å². The third kappa shape index (κ3) is 3.51. The van der Waals surface area contributed by atoms with E-state index in [1.165, 1.54) is 16.7 Å². The van der Waals surface area contributed by atoms with E-state index in [9.17, 15) is 0 Å². The molecule has 0 radical (unpaired) electrons. The van der Waals surface area contributed by atoms with Crippen LogP contribution < -0.4 is 24.3 Å². The van der Waals surface area contributed by atoms with E-state index < -0.39 is 0 Å². The standard InChI is InChI=1S/C20H25NO4/c1-22-17-6-5-13(10-18(17)23-2)9-16-15-12-20(25-4)19(24-3)11-14(15)7-8-21-16/h5-6,10-12,16,21H,7-9H2,1-4H3/p+1/t16-/m1/s1. The smallest absolute Gasteiger partial charge is 0.161 e. The molecular formula is C20H26NO4+. The van der Waals surface area contributed by atoms with Gasteiger partial charge in [-0.1, -0.05) is 6.07 Å². The number of methoxy groups -OCH3 is 4. The van der Waals surface area contributed by atoms with Gasteiger partial charge in [0.15, 0.2) is 23.0 Å². The van der Waals surface area contributed by atoms with Crippen LogP contribution in [0.2, 0.25) is 0 Å². The second-order valence-corrected chi connectivity index (χ2v) is 6.18. The van der Waals surface area contributed by atoms with Crippen molar-refractivity contribution in [3.63, 3.8) is 0 Å². The quantitative estimate of drug-likeness (QED) is 0.872. The van der Waals surface area contributed by atoms with Gasteiger partial charge < -0.3 is 24.3 Å². The molecule has 1 heterocycles. The fourth-order valence-corrected chi connectivity index (χ4v) is 3.52. The van der Waals surface area contributed by atoms with Crippen LogP contribution in [0.4, 0.5) is 0 Å². The number of quaternary nitrogens is 1. The summed E-state index contributed by atoms with van der Waals surface area (Å²) in [6.45, 7) is 1.07. The minimum Gasteiger partial charge on any atom is -0.493 e. The highest BCUT2D eigenvalue weighted by molar-refractivity contribution is 5.49. The van der Waals surface area contributed by atoms with E-state index in [0.29, 0.717) is 6.04 Å². The zero-order valence-electron chi connectivity index (χ0n) is 15.3. The topological polar surface area (TPSA) is 53.5 Å². The molecular weight excluding hydrogens is 318 g/mol. The van der Waals surface area contributed by atoms with E-state index in [1.807, 2.05) is 6.07 Å². The third-order valence-electron chi connectivity index (χ3n) is 4.81. The number of fused-ring (bicyclic) bond motifs is 1. The van der Waals surface area contributed by atoms with Gasteiger partial charge in [0.05, 0.1) is 35.0 Å². The molecule has 0 unspecified atom stereocenters. The molecule has 0 aliphatic carbocycles. The zero-order valence-corrected chi connectivity index (χ0v) is 15.3. The van der Waals surface area contributed by atoms with Gasteiger partial charge in [0.1, 0.15) is 6.04 Å². The summed E-state index contributed by atoms with van der Waals surface area (Å²) in [4.78, 5) is 0. The third-order valence-corrected chi connectivity index (χ3v) is 4.81. The molecule has 0 saturated heterocycles. The molecule has 5 heteroatoms. The Morgan fingerprint density at radius 1 is 0.840 bits per heavy atom. The van der Waals surface area contributed by atoms with Crippen molar-refractivity contribution in [2.24, 2.45) is 0 Å². The summed E-state index contributed by atoms with van der Waals surface area (Å²) < 4.78 is 21.7. The maximum atomic E-state index is 5.49. The Bertz CT molecular complexity index is 745. The van der Waals surface area contributed by atoms with Crippen LogP contribution in [0.15, 0.2) is 30.3 Å². The van der Waals surface area contributed by atoms with Crippen molar-refractivity contribution in [3.05, 3.63) is 47.0 Å². The van der Waals surface area contributed by atoms with Crippen molar-refractivity contribution in [1.82, 2.24) is 0 Å². The molecule has 0 fully saturated rings. The van der Waals surface area contributed by atoms with E-state index in [2.05, 4.69) is 29.6 Å². The Morgan fingerprint density at radius 3 is 2.16 bits per heavy atom. The average Bonchev–Trinajstić information content (AvgIpc) is 2.66. The molecule has 0 saturated carbocycles. The Kier molecular flexibility index (Phi) is 5.34. The lowest BCUT2D eigenvalue weighted by molar-refractivity contribution is -0.698. The molecule has 5 nitrogen and oxygen atoms in total. The highest BCUT2D eigenvalue weighted by Crippen LogP contribution is 2.35. The van der Waals surface area contributed by atoms with Gasteiger partial charge in [-0.2, -0.15) is 0 Å². The molecule has 3 rings (SSSR count). The van der Waals surface area contributed by atoms with E-state index >= 15 is 0 Å². The molecule has 2 N–H and O–H groups in total. The molecule has 1 aliphatic heterocycles.